The van der Waals surface area contributed by atoms with Crippen LogP contribution < -0.4 is 10.2 Å². The molecule has 0 radical (unpaired) electrons. The number of benzene rings is 1. The SMILES string of the molecule is COc1ncccc1-c1coc2c([N+](=O)[O-])cccc2c1=O. The van der Waals surface area contributed by atoms with E-state index in [0.29, 0.717) is 5.56 Å². The van der Waals surface area contributed by atoms with Crippen LogP contribution in [0, 0.1) is 10.1 Å². The lowest BCUT2D eigenvalue weighted by atomic mass is 10.1. The van der Waals surface area contributed by atoms with Gasteiger partial charge in [-0.15, -0.1) is 0 Å². The Morgan fingerprint density at radius 3 is 2.77 bits per heavy atom. The minimum Gasteiger partial charge on any atom is -0.481 e. The molecule has 3 rings (SSSR count). The quantitative estimate of drug-likeness (QED) is 0.545. The molecule has 0 aliphatic rings. The van der Waals surface area contributed by atoms with Gasteiger partial charge in [-0.25, -0.2) is 4.98 Å². The predicted octanol–water partition coefficient (Wildman–Crippen LogP) is 2.77. The maximum Gasteiger partial charge on any atom is 0.312 e. The molecule has 0 fully saturated rings. The molecule has 0 unspecified atom stereocenters. The van der Waals surface area contributed by atoms with Gasteiger partial charge in [0.25, 0.3) is 0 Å². The second-order valence-electron chi connectivity index (χ2n) is 4.45. The second-order valence-corrected chi connectivity index (χ2v) is 4.45. The molecule has 2 heterocycles. The van der Waals surface area contributed by atoms with Gasteiger partial charge < -0.3 is 9.15 Å². The Balaban J connectivity index is 2.33. The van der Waals surface area contributed by atoms with Gasteiger partial charge in [-0.3, -0.25) is 14.9 Å². The summed E-state index contributed by atoms with van der Waals surface area (Å²) >= 11 is 0. The Morgan fingerprint density at radius 2 is 2.05 bits per heavy atom. The molecule has 0 saturated heterocycles. The van der Waals surface area contributed by atoms with Crippen molar-refractivity contribution in [3.8, 4) is 17.0 Å². The fourth-order valence-corrected chi connectivity index (χ4v) is 2.23. The first-order valence-electron chi connectivity index (χ1n) is 6.31. The summed E-state index contributed by atoms with van der Waals surface area (Å²) < 4.78 is 10.5. The van der Waals surface area contributed by atoms with E-state index in [4.69, 9.17) is 9.15 Å². The number of ether oxygens (including phenoxy) is 1. The van der Waals surface area contributed by atoms with Crippen LogP contribution in [0.25, 0.3) is 22.1 Å². The summed E-state index contributed by atoms with van der Waals surface area (Å²) in [5.41, 5.74) is 0.0183. The molecular weight excluding hydrogens is 288 g/mol. The van der Waals surface area contributed by atoms with Gasteiger partial charge in [0, 0.05) is 12.3 Å². The van der Waals surface area contributed by atoms with E-state index in [9.17, 15) is 14.9 Å². The summed E-state index contributed by atoms with van der Waals surface area (Å²) in [5, 5.41) is 11.1. The molecule has 1 aromatic carbocycles. The van der Waals surface area contributed by atoms with E-state index >= 15 is 0 Å². The van der Waals surface area contributed by atoms with Crippen molar-refractivity contribution in [2.45, 2.75) is 0 Å². The molecule has 22 heavy (non-hydrogen) atoms. The number of methoxy groups -OCH3 is 1. The third-order valence-corrected chi connectivity index (χ3v) is 3.23. The van der Waals surface area contributed by atoms with Gasteiger partial charge in [-0.1, -0.05) is 6.07 Å². The van der Waals surface area contributed by atoms with Crippen LogP contribution >= 0.6 is 0 Å². The van der Waals surface area contributed by atoms with Crippen molar-refractivity contribution in [1.82, 2.24) is 4.98 Å². The normalized spacial score (nSPS) is 10.6. The molecule has 3 aromatic rings. The molecule has 7 heteroatoms. The number of hydrogen-bond acceptors (Lipinski definition) is 6. The summed E-state index contributed by atoms with van der Waals surface area (Å²) in [4.78, 5) is 27.0. The van der Waals surface area contributed by atoms with Gasteiger partial charge in [0.15, 0.2) is 0 Å². The highest BCUT2D eigenvalue weighted by atomic mass is 16.6. The first-order valence-corrected chi connectivity index (χ1v) is 6.31. The van der Waals surface area contributed by atoms with Crippen LogP contribution in [0.15, 0.2) is 52.0 Å². The Hall–Kier alpha value is -3.22. The molecule has 0 bridgehead atoms. The molecule has 2 aromatic heterocycles. The van der Waals surface area contributed by atoms with Crippen LogP contribution in [0.3, 0.4) is 0 Å². The van der Waals surface area contributed by atoms with Crippen LogP contribution in [0.5, 0.6) is 5.88 Å². The highest BCUT2D eigenvalue weighted by Gasteiger charge is 2.19. The predicted molar refractivity (Wildman–Crippen MR) is 78.9 cm³/mol. The zero-order chi connectivity index (χ0) is 15.7. The lowest BCUT2D eigenvalue weighted by molar-refractivity contribution is -0.383. The van der Waals surface area contributed by atoms with Crippen LogP contribution in [0.4, 0.5) is 5.69 Å². The summed E-state index contributed by atoms with van der Waals surface area (Å²) in [6, 6.07) is 7.55. The number of nitro benzene ring substituents is 1. The lowest BCUT2D eigenvalue weighted by Crippen LogP contribution is -2.07. The number of nitro groups is 1. The monoisotopic (exact) mass is 298 g/mol. The summed E-state index contributed by atoms with van der Waals surface area (Å²) in [6.07, 6.45) is 2.73. The van der Waals surface area contributed by atoms with Crippen molar-refractivity contribution >= 4 is 16.7 Å². The zero-order valence-electron chi connectivity index (χ0n) is 11.5. The lowest BCUT2D eigenvalue weighted by Gasteiger charge is -2.06. The molecule has 0 aliphatic heterocycles. The van der Waals surface area contributed by atoms with Crippen molar-refractivity contribution in [3.63, 3.8) is 0 Å². The average Bonchev–Trinajstić information content (AvgIpc) is 2.55. The summed E-state index contributed by atoms with van der Waals surface area (Å²) in [7, 11) is 1.44. The number of nitrogens with zero attached hydrogens (tertiary/aromatic N) is 2. The largest absolute Gasteiger partial charge is 0.481 e. The number of para-hydroxylation sites is 1. The Kier molecular flexibility index (Phi) is 3.30. The summed E-state index contributed by atoms with van der Waals surface area (Å²) in [5.74, 6) is 0.277. The number of aromatic nitrogens is 1. The van der Waals surface area contributed by atoms with Gasteiger partial charge in [-0.05, 0) is 18.2 Å². The van der Waals surface area contributed by atoms with E-state index in [2.05, 4.69) is 4.98 Å². The minimum absolute atomic E-state index is 0.0518. The van der Waals surface area contributed by atoms with Gasteiger partial charge in [-0.2, -0.15) is 0 Å². The van der Waals surface area contributed by atoms with Crippen LogP contribution in [0.1, 0.15) is 0 Å². The smallest absolute Gasteiger partial charge is 0.312 e. The molecule has 0 spiro atoms. The molecule has 0 N–H and O–H groups in total. The van der Waals surface area contributed by atoms with Crippen LogP contribution in [-0.2, 0) is 0 Å². The fourth-order valence-electron chi connectivity index (χ4n) is 2.23. The van der Waals surface area contributed by atoms with E-state index < -0.39 is 4.92 Å². The molecule has 0 atom stereocenters. The molecule has 0 saturated carbocycles. The third-order valence-electron chi connectivity index (χ3n) is 3.23. The topological polar surface area (TPSA) is 95.5 Å². The van der Waals surface area contributed by atoms with E-state index in [-0.39, 0.29) is 33.5 Å². The van der Waals surface area contributed by atoms with Gasteiger partial charge in [0.2, 0.25) is 16.9 Å². The number of fused-ring (bicyclic) bond motifs is 1. The molecule has 0 aliphatic carbocycles. The molecule has 7 nitrogen and oxygen atoms in total. The van der Waals surface area contributed by atoms with E-state index in [0.717, 1.165) is 0 Å². The van der Waals surface area contributed by atoms with E-state index in [1.54, 1.807) is 12.1 Å². The standard InChI is InChI=1S/C15H10N2O5/c1-21-15-9(5-3-7-16-15)11-8-22-14-10(13(11)18)4-2-6-12(14)17(19)20/h2-8H,1H3. The van der Waals surface area contributed by atoms with Crippen molar-refractivity contribution < 1.29 is 14.1 Å². The maximum absolute atomic E-state index is 12.6. The highest BCUT2D eigenvalue weighted by molar-refractivity contribution is 5.88. The first kappa shape index (κ1) is 13.7. The van der Waals surface area contributed by atoms with Crippen molar-refractivity contribution in [3.05, 3.63) is 63.1 Å². The molecular formula is C15H10N2O5. The Morgan fingerprint density at radius 1 is 1.23 bits per heavy atom. The second kappa shape index (κ2) is 5.28. The van der Waals surface area contributed by atoms with Crippen molar-refractivity contribution in [1.29, 1.82) is 0 Å². The van der Waals surface area contributed by atoms with Crippen molar-refractivity contribution in [2.75, 3.05) is 7.11 Å². The van der Waals surface area contributed by atoms with Crippen LogP contribution in [0.2, 0.25) is 0 Å². The number of non-ortho nitro benzene ring substituents is 1. The third kappa shape index (κ3) is 2.08. The first-order chi connectivity index (χ1) is 10.6. The van der Waals surface area contributed by atoms with E-state index in [1.165, 1.54) is 37.8 Å². The Bertz CT molecular complexity index is 933. The molecule has 110 valence electrons. The number of hydrogen-bond donors (Lipinski definition) is 0. The molecule has 0 amide bonds. The minimum atomic E-state index is -0.588. The zero-order valence-corrected chi connectivity index (χ0v) is 11.5. The average molecular weight is 298 g/mol. The number of rotatable bonds is 3. The fraction of sp³-hybridized carbons (Fsp3) is 0.0667. The maximum atomic E-state index is 12.6. The van der Waals surface area contributed by atoms with Gasteiger partial charge in [0.05, 0.1) is 28.5 Å². The van der Waals surface area contributed by atoms with Crippen molar-refractivity contribution in [2.24, 2.45) is 0 Å². The van der Waals surface area contributed by atoms with Crippen LogP contribution in [-0.4, -0.2) is 17.0 Å². The number of pyridine rings is 1. The van der Waals surface area contributed by atoms with Gasteiger partial charge >= 0.3 is 5.69 Å². The van der Waals surface area contributed by atoms with Gasteiger partial charge in [0.1, 0.15) is 6.26 Å². The van der Waals surface area contributed by atoms with E-state index in [1.807, 2.05) is 0 Å². The highest BCUT2D eigenvalue weighted by Crippen LogP contribution is 2.29. The summed E-state index contributed by atoms with van der Waals surface area (Å²) in [6.45, 7) is 0. The Labute approximate surface area is 123 Å².